The molecule has 0 aromatic carbocycles. The van der Waals surface area contributed by atoms with Crippen molar-refractivity contribution in [3.05, 3.63) is 0 Å². The van der Waals surface area contributed by atoms with Crippen molar-refractivity contribution >= 4 is 5.78 Å². The summed E-state index contributed by atoms with van der Waals surface area (Å²) >= 11 is 0. The number of rotatable bonds is 5. The minimum Gasteiger partial charge on any atom is -0.394 e. The van der Waals surface area contributed by atoms with Crippen LogP contribution in [0.3, 0.4) is 0 Å². The van der Waals surface area contributed by atoms with E-state index in [1.54, 1.807) is 0 Å². The Hall–Kier alpha value is -1.04. The topological polar surface area (TPSA) is 142 Å². The zero-order valence-electron chi connectivity index (χ0n) is 7.11. The molecule has 0 saturated carbocycles. The first kappa shape index (κ1) is 13.0. The van der Waals surface area contributed by atoms with Crippen molar-refractivity contribution in [2.75, 3.05) is 6.61 Å². The van der Waals surface area contributed by atoms with Crippen LogP contribution in [0.5, 0.6) is 0 Å². The highest BCUT2D eigenvalue weighted by atomic mass is 16.4. The molecule has 0 aromatic rings. The first-order valence-electron chi connectivity index (χ1n) is 3.72. The minimum atomic E-state index is -2.10. The van der Waals surface area contributed by atoms with Gasteiger partial charge in [-0.3, -0.25) is 4.79 Å². The van der Waals surface area contributed by atoms with Gasteiger partial charge >= 0.3 is 0 Å². The van der Waals surface area contributed by atoms with Crippen molar-refractivity contribution in [1.82, 2.24) is 0 Å². The Balaban J connectivity index is 4.39. The van der Waals surface area contributed by atoms with Crippen LogP contribution in [0, 0.1) is 11.3 Å². The second-order valence-corrected chi connectivity index (χ2v) is 2.65. The molecule has 7 nitrogen and oxygen atoms in total. The molecule has 0 radical (unpaired) electrons. The molecule has 0 bridgehead atoms. The number of nitrogens with zero attached hydrogens (tertiary/aromatic N) is 1. The Morgan fingerprint density at radius 3 is 2.07 bits per heavy atom. The summed E-state index contributed by atoms with van der Waals surface area (Å²) in [5, 5.41) is 52.3. The monoisotopic (exact) mass is 205 g/mol. The largest absolute Gasteiger partial charge is 0.394 e. The predicted octanol–water partition coefficient (Wildman–Crippen LogP) is -3.49. The molecule has 5 N–H and O–H groups in total. The van der Waals surface area contributed by atoms with Gasteiger partial charge in [0.05, 0.1) is 6.61 Å². The highest BCUT2D eigenvalue weighted by molar-refractivity contribution is 5.97. The Bertz CT molecular complexity index is 237. The van der Waals surface area contributed by atoms with E-state index in [9.17, 15) is 4.79 Å². The van der Waals surface area contributed by atoms with Gasteiger partial charge in [0.25, 0.3) is 5.78 Å². The van der Waals surface area contributed by atoms with E-state index >= 15 is 0 Å². The summed E-state index contributed by atoms with van der Waals surface area (Å²) in [5.41, 5.74) is 0. The van der Waals surface area contributed by atoms with E-state index < -0.39 is 36.8 Å². The average Bonchev–Trinajstić information content (AvgIpc) is 2.23. The number of Topliss-reactive ketones (excluding diaryl/α,β-unsaturated/α-hetero) is 1. The lowest BCUT2D eigenvalue weighted by Crippen LogP contribution is -2.48. The Morgan fingerprint density at radius 1 is 1.21 bits per heavy atom. The van der Waals surface area contributed by atoms with Crippen LogP contribution in [-0.4, -0.2) is 62.3 Å². The van der Waals surface area contributed by atoms with Gasteiger partial charge in [0.1, 0.15) is 24.4 Å². The van der Waals surface area contributed by atoms with Crippen molar-refractivity contribution in [2.45, 2.75) is 24.4 Å². The molecule has 0 aliphatic heterocycles. The smallest absolute Gasteiger partial charge is 0.262 e. The van der Waals surface area contributed by atoms with Crippen molar-refractivity contribution in [1.29, 1.82) is 5.26 Å². The van der Waals surface area contributed by atoms with Gasteiger partial charge in [-0.15, -0.1) is 0 Å². The summed E-state index contributed by atoms with van der Waals surface area (Å²) in [6, 6.07) is 1.05. The van der Waals surface area contributed by atoms with E-state index in [0.29, 0.717) is 0 Å². The molecule has 0 unspecified atom stereocenters. The lowest BCUT2D eigenvalue weighted by Gasteiger charge is -2.23. The second-order valence-electron chi connectivity index (χ2n) is 2.65. The Kier molecular flexibility index (Phi) is 5.22. The van der Waals surface area contributed by atoms with Gasteiger partial charge in [0, 0.05) is 0 Å². The maximum Gasteiger partial charge on any atom is 0.262 e. The van der Waals surface area contributed by atoms with E-state index in [1.165, 1.54) is 0 Å². The minimum absolute atomic E-state index is 0.842. The van der Waals surface area contributed by atoms with Crippen molar-refractivity contribution in [2.24, 2.45) is 0 Å². The standard InChI is InChI=1S/C7H11NO6/c8-1-3(10)5(12)7(14)6(13)4(11)2-9/h4-7,9,11-14H,2H2/t4-,5+,6-,7-/m1/s1. The zero-order chi connectivity index (χ0) is 11.3. The van der Waals surface area contributed by atoms with E-state index in [1.807, 2.05) is 0 Å². The quantitative estimate of drug-likeness (QED) is 0.293. The van der Waals surface area contributed by atoms with Crippen molar-refractivity contribution in [3.63, 3.8) is 0 Å². The van der Waals surface area contributed by atoms with Crippen LogP contribution >= 0.6 is 0 Å². The summed E-state index contributed by atoms with van der Waals surface area (Å²) in [6.07, 6.45) is -7.70. The molecule has 4 atom stereocenters. The number of ketones is 1. The van der Waals surface area contributed by atoms with Crippen LogP contribution < -0.4 is 0 Å². The molecular weight excluding hydrogens is 194 g/mol. The van der Waals surface area contributed by atoms with E-state index in [4.69, 9.17) is 30.8 Å². The summed E-state index contributed by atoms with van der Waals surface area (Å²) in [5.74, 6) is -1.33. The molecule has 0 spiro atoms. The van der Waals surface area contributed by atoms with Crippen LogP contribution in [0.15, 0.2) is 0 Å². The first-order chi connectivity index (χ1) is 6.45. The lowest BCUT2D eigenvalue weighted by atomic mass is 10.0. The molecule has 0 fully saturated rings. The van der Waals surface area contributed by atoms with Crippen LogP contribution in [0.1, 0.15) is 0 Å². The van der Waals surface area contributed by atoms with Gasteiger partial charge < -0.3 is 25.5 Å². The molecule has 14 heavy (non-hydrogen) atoms. The Labute approximate surface area is 79.5 Å². The van der Waals surface area contributed by atoms with Crippen LogP contribution in [0.4, 0.5) is 0 Å². The number of carbonyl (C=O) groups is 1. The summed E-state index contributed by atoms with van der Waals surface area (Å²) in [4.78, 5) is 10.5. The van der Waals surface area contributed by atoms with Crippen molar-refractivity contribution < 1.29 is 30.3 Å². The maximum atomic E-state index is 10.5. The van der Waals surface area contributed by atoms with Crippen LogP contribution in [-0.2, 0) is 4.79 Å². The first-order valence-corrected chi connectivity index (χ1v) is 3.72. The summed E-state index contributed by atoms with van der Waals surface area (Å²) in [7, 11) is 0. The summed E-state index contributed by atoms with van der Waals surface area (Å²) < 4.78 is 0. The zero-order valence-corrected chi connectivity index (χ0v) is 7.11. The van der Waals surface area contributed by atoms with E-state index in [-0.39, 0.29) is 0 Å². The van der Waals surface area contributed by atoms with E-state index in [0.717, 1.165) is 6.07 Å². The molecule has 0 amide bonds. The fraction of sp³-hybridized carbons (Fsp3) is 0.714. The Morgan fingerprint density at radius 2 is 1.71 bits per heavy atom. The number of nitriles is 1. The average molecular weight is 205 g/mol. The molecule has 0 aliphatic carbocycles. The van der Waals surface area contributed by atoms with Gasteiger partial charge in [-0.25, -0.2) is 0 Å². The van der Waals surface area contributed by atoms with Gasteiger partial charge in [0.2, 0.25) is 0 Å². The number of carbonyl (C=O) groups excluding carboxylic acids is 1. The summed E-state index contributed by atoms with van der Waals surface area (Å²) in [6.45, 7) is -0.842. The van der Waals surface area contributed by atoms with Gasteiger partial charge in [-0.1, -0.05) is 0 Å². The third-order valence-corrected chi connectivity index (χ3v) is 1.63. The fourth-order valence-corrected chi connectivity index (χ4v) is 0.744. The number of hydrogen-bond acceptors (Lipinski definition) is 7. The number of hydrogen-bond donors (Lipinski definition) is 5. The normalized spacial score (nSPS) is 19.1. The third kappa shape index (κ3) is 3.02. The molecule has 80 valence electrons. The molecule has 7 heteroatoms. The highest BCUT2D eigenvalue weighted by Gasteiger charge is 2.33. The SMILES string of the molecule is N#CC(=O)[C@H](O)[C@@H](O)[C@H](O)[C@H](O)CO. The highest BCUT2D eigenvalue weighted by Crippen LogP contribution is 2.05. The van der Waals surface area contributed by atoms with Gasteiger partial charge in [0.15, 0.2) is 6.10 Å². The van der Waals surface area contributed by atoms with Crippen molar-refractivity contribution in [3.8, 4) is 6.07 Å². The van der Waals surface area contributed by atoms with Gasteiger partial charge in [-0.2, -0.15) is 5.26 Å². The molecule has 0 aliphatic rings. The number of aliphatic hydroxyl groups is 5. The number of aliphatic hydroxyl groups excluding tert-OH is 5. The molecule has 0 saturated heterocycles. The molecule has 0 rings (SSSR count). The maximum absolute atomic E-state index is 10.5. The molecule has 0 heterocycles. The molecule has 0 aromatic heterocycles. The van der Waals surface area contributed by atoms with Crippen LogP contribution in [0.25, 0.3) is 0 Å². The van der Waals surface area contributed by atoms with Gasteiger partial charge in [-0.05, 0) is 0 Å². The van der Waals surface area contributed by atoms with Crippen LogP contribution in [0.2, 0.25) is 0 Å². The lowest BCUT2D eigenvalue weighted by molar-refractivity contribution is -0.142. The predicted molar refractivity (Wildman–Crippen MR) is 41.7 cm³/mol. The van der Waals surface area contributed by atoms with E-state index in [2.05, 4.69) is 0 Å². The fourth-order valence-electron chi connectivity index (χ4n) is 0.744. The molecular formula is C7H11NO6. The third-order valence-electron chi connectivity index (χ3n) is 1.63. The second kappa shape index (κ2) is 5.64.